The Bertz CT molecular complexity index is 1270. The summed E-state index contributed by atoms with van der Waals surface area (Å²) in [6, 6.07) is 6.22. The molecule has 1 amide bonds. The molecular formula is C21H20N4O6. The molecule has 1 aliphatic rings. The van der Waals surface area contributed by atoms with Gasteiger partial charge in [0.2, 0.25) is 0 Å². The molecule has 0 spiro atoms. The zero-order chi connectivity index (χ0) is 22.3. The quantitative estimate of drug-likeness (QED) is 0.638. The number of amides is 1. The van der Waals surface area contributed by atoms with Crippen LogP contribution in [0.25, 0.3) is 0 Å². The Labute approximate surface area is 176 Å². The molecule has 1 atom stereocenters. The molecule has 31 heavy (non-hydrogen) atoms. The lowest BCUT2D eigenvalue weighted by Gasteiger charge is -2.25. The van der Waals surface area contributed by atoms with E-state index in [2.05, 4.69) is 10.1 Å². The number of nitrogens with two attached hydrogens (primary N) is 1. The fraction of sp³-hybridized carbons (Fsp3) is 0.238. The summed E-state index contributed by atoms with van der Waals surface area (Å²) in [4.78, 5) is 28.9. The van der Waals surface area contributed by atoms with Gasteiger partial charge in [0.25, 0.3) is 5.91 Å². The van der Waals surface area contributed by atoms with Crippen LogP contribution < -0.4 is 20.8 Å². The minimum absolute atomic E-state index is 0.0704. The molecule has 0 saturated carbocycles. The Morgan fingerprint density at radius 3 is 2.65 bits per heavy atom. The number of nitrogens with zero attached hydrogens (tertiary/aromatic N) is 3. The molecule has 2 aromatic heterocycles. The van der Waals surface area contributed by atoms with Crippen molar-refractivity contribution >= 4 is 17.4 Å². The zero-order valence-corrected chi connectivity index (χ0v) is 17.1. The maximum atomic E-state index is 12.5. The van der Waals surface area contributed by atoms with Gasteiger partial charge in [-0.25, -0.2) is 14.5 Å². The standard InChI is InChI=1S/C21H20N4O6/c1-10-6-15(26)18(21(28)31-10)13-8-14(11-4-5-16(29-2)17(7-11)30-3)25-20(24-13)12(9-23-25)19(22)27/h4-7,9,14,26H,8H2,1-3H3,(H2,22,27)/t14-/m0/s1. The molecule has 0 saturated heterocycles. The second kappa shape index (κ2) is 7.63. The fourth-order valence-electron chi connectivity index (χ4n) is 3.65. The highest BCUT2D eigenvalue weighted by Gasteiger charge is 2.32. The Morgan fingerprint density at radius 1 is 1.26 bits per heavy atom. The van der Waals surface area contributed by atoms with Crippen molar-refractivity contribution in [3.05, 3.63) is 63.3 Å². The Balaban J connectivity index is 1.92. The van der Waals surface area contributed by atoms with Gasteiger partial charge in [-0.15, -0.1) is 0 Å². The molecule has 10 heteroatoms. The van der Waals surface area contributed by atoms with Crippen LogP contribution in [0.1, 0.15) is 39.7 Å². The number of methoxy groups -OCH3 is 2. The third-order valence-electron chi connectivity index (χ3n) is 5.09. The number of carbonyl (C=O) groups excluding carboxylic acids is 1. The maximum Gasteiger partial charge on any atom is 0.348 e. The highest BCUT2D eigenvalue weighted by molar-refractivity contribution is 6.06. The SMILES string of the molecule is COc1ccc([C@@H]2CC(c3c(O)cc(C)oc3=O)=Nc3c(C(N)=O)cnn32)cc1OC. The van der Waals surface area contributed by atoms with E-state index in [1.54, 1.807) is 23.7 Å². The molecule has 3 N–H and O–H groups in total. The van der Waals surface area contributed by atoms with Crippen LogP contribution in [-0.4, -0.2) is 40.7 Å². The molecular weight excluding hydrogens is 404 g/mol. The van der Waals surface area contributed by atoms with Gasteiger partial charge < -0.3 is 24.7 Å². The van der Waals surface area contributed by atoms with E-state index >= 15 is 0 Å². The van der Waals surface area contributed by atoms with Gasteiger partial charge in [0.05, 0.1) is 32.2 Å². The second-order valence-corrected chi connectivity index (χ2v) is 6.99. The van der Waals surface area contributed by atoms with Gasteiger partial charge in [0, 0.05) is 12.5 Å². The number of aromatic nitrogens is 2. The lowest BCUT2D eigenvalue weighted by Crippen LogP contribution is -2.25. The van der Waals surface area contributed by atoms with Crippen LogP contribution in [0.4, 0.5) is 5.82 Å². The number of ether oxygens (including phenoxy) is 2. The van der Waals surface area contributed by atoms with Gasteiger partial charge in [-0.05, 0) is 24.6 Å². The number of fused-ring (bicyclic) bond motifs is 1. The normalized spacial score (nSPS) is 15.2. The molecule has 1 aromatic carbocycles. The number of aromatic hydroxyl groups is 1. The monoisotopic (exact) mass is 424 g/mol. The molecule has 4 rings (SSSR count). The molecule has 3 heterocycles. The van der Waals surface area contributed by atoms with E-state index in [9.17, 15) is 14.7 Å². The lowest BCUT2D eigenvalue weighted by atomic mass is 9.95. The molecule has 0 aliphatic carbocycles. The van der Waals surface area contributed by atoms with Crippen LogP contribution >= 0.6 is 0 Å². The first-order chi connectivity index (χ1) is 14.8. The summed E-state index contributed by atoms with van der Waals surface area (Å²) in [5.74, 6) is 0.538. The molecule has 0 radical (unpaired) electrons. The third-order valence-corrected chi connectivity index (χ3v) is 5.09. The summed E-state index contributed by atoms with van der Waals surface area (Å²) < 4.78 is 17.4. The third kappa shape index (κ3) is 3.41. The van der Waals surface area contributed by atoms with Crippen LogP contribution in [0.3, 0.4) is 0 Å². The van der Waals surface area contributed by atoms with Crippen LogP contribution in [0.2, 0.25) is 0 Å². The number of hydrogen-bond acceptors (Lipinski definition) is 8. The van der Waals surface area contributed by atoms with Crippen molar-refractivity contribution in [2.45, 2.75) is 19.4 Å². The zero-order valence-electron chi connectivity index (χ0n) is 17.1. The van der Waals surface area contributed by atoms with Crippen molar-refractivity contribution in [2.75, 3.05) is 14.2 Å². The Hall–Kier alpha value is -4.08. The predicted molar refractivity (Wildman–Crippen MR) is 111 cm³/mol. The predicted octanol–water partition coefficient (Wildman–Crippen LogP) is 2.08. The summed E-state index contributed by atoms with van der Waals surface area (Å²) in [5, 5.41) is 14.7. The summed E-state index contributed by atoms with van der Waals surface area (Å²) in [7, 11) is 3.06. The Kier molecular flexibility index (Phi) is 4.97. The second-order valence-electron chi connectivity index (χ2n) is 6.99. The molecule has 160 valence electrons. The van der Waals surface area contributed by atoms with Gasteiger partial charge in [-0.2, -0.15) is 5.10 Å². The minimum Gasteiger partial charge on any atom is -0.507 e. The molecule has 0 bridgehead atoms. The van der Waals surface area contributed by atoms with Crippen molar-refractivity contribution in [1.82, 2.24) is 9.78 Å². The van der Waals surface area contributed by atoms with E-state index in [-0.39, 0.29) is 40.6 Å². The van der Waals surface area contributed by atoms with Gasteiger partial charge in [0.15, 0.2) is 17.3 Å². The summed E-state index contributed by atoms with van der Waals surface area (Å²) in [5.41, 5.74) is 5.80. The van der Waals surface area contributed by atoms with E-state index in [1.165, 1.54) is 26.5 Å². The van der Waals surface area contributed by atoms with Gasteiger partial charge in [-0.3, -0.25) is 4.79 Å². The number of benzene rings is 1. The van der Waals surface area contributed by atoms with E-state index < -0.39 is 17.6 Å². The number of carbonyl (C=O) groups is 1. The van der Waals surface area contributed by atoms with E-state index in [4.69, 9.17) is 19.6 Å². The van der Waals surface area contributed by atoms with Gasteiger partial charge in [-0.1, -0.05) is 6.07 Å². The largest absolute Gasteiger partial charge is 0.507 e. The summed E-state index contributed by atoms with van der Waals surface area (Å²) in [6.07, 6.45) is 1.53. The average Bonchev–Trinajstić information content (AvgIpc) is 3.16. The van der Waals surface area contributed by atoms with Crippen LogP contribution in [-0.2, 0) is 0 Å². The van der Waals surface area contributed by atoms with Gasteiger partial charge in [0.1, 0.15) is 22.6 Å². The highest BCUT2D eigenvalue weighted by Crippen LogP contribution is 2.39. The van der Waals surface area contributed by atoms with Crippen molar-refractivity contribution < 1.29 is 23.8 Å². The average molecular weight is 424 g/mol. The van der Waals surface area contributed by atoms with Crippen LogP contribution in [0, 0.1) is 6.92 Å². The Morgan fingerprint density at radius 2 is 2.00 bits per heavy atom. The summed E-state index contributed by atoms with van der Waals surface area (Å²) in [6.45, 7) is 1.56. The number of primary amides is 1. The van der Waals surface area contributed by atoms with Gasteiger partial charge >= 0.3 is 5.63 Å². The summed E-state index contributed by atoms with van der Waals surface area (Å²) >= 11 is 0. The number of aryl methyl sites for hydroxylation is 1. The molecule has 0 unspecified atom stereocenters. The number of rotatable bonds is 5. The smallest absolute Gasteiger partial charge is 0.348 e. The fourth-order valence-corrected chi connectivity index (χ4v) is 3.65. The maximum absolute atomic E-state index is 12.5. The number of aliphatic imine (C=N–C) groups is 1. The lowest BCUT2D eigenvalue weighted by molar-refractivity contribution is 0.100. The van der Waals surface area contributed by atoms with Crippen molar-refractivity contribution in [2.24, 2.45) is 10.7 Å². The van der Waals surface area contributed by atoms with Crippen molar-refractivity contribution in [1.29, 1.82) is 0 Å². The van der Waals surface area contributed by atoms with E-state index in [1.807, 2.05) is 6.07 Å². The minimum atomic E-state index is -0.726. The molecule has 0 fully saturated rings. The van der Waals surface area contributed by atoms with E-state index in [0.717, 1.165) is 5.56 Å². The highest BCUT2D eigenvalue weighted by atomic mass is 16.5. The van der Waals surface area contributed by atoms with Crippen molar-refractivity contribution in [3.8, 4) is 17.2 Å². The first-order valence-electron chi connectivity index (χ1n) is 9.35. The van der Waals surface area contributed by atoms with Crippen LogP contribution in [0.15, 0.2) is 44.7 Å². The molecule has 10 nitrogen and oxygen atoms in total. The molecule has 1 aliphatic heterocycles. The topological polar surface area (TPSA) is 142 Å². The molecule has 3 aromatic rings. The first-order valence-corrected chi connectivity index (χ1v) is 9.35. The van der Waals surface area contributed by atoms with Crippen LogP contribution in [0.5, 0.6) is 17.2 Å². The first kappa shape index (κ1) is 20.2. The van der Waals surface area contributed by atoms with Crippen molar-refractivity contribution in [3.63, 3.8) is 0 Å². The number of hydrogen-bond donors (Lipinski definition) is 2. The van der Waals surface area contributed by atoms with E-state index in [0.29, 0.717) is 11.5 Å².